The second-order valence-corrected chi connectivity index (χ2v) is 12.2. The fourth-order valence-corrected chi connectivity index (χ4v) is 7.50. The minimum Gasteiger partial charge on any atom is -0.291 e. The van der Waals surface area contributed by atoms with Crippen LogP contribution in [0, 0.1) is 0 Å². The van der Waals surface area contributed by atoms with E-state index in [1.54, 1.807) is 0 Å². The Morgan fingerprint density at radius 2 is 1.00 bits per heavy atom. The largest absolute Gasteiger partial charge is 0.291 e. The van der Waals surface area contributed by atoms with Crippen LogP contribution in [0.15, 0.2) is 164 Å². The molecule has 9 aromatic rings. The summed E-state index contributed by atoms with van der Waals surface area (Å²) in [5, 5.41) is 4.80. The summed E-state index contributed by atoms with van der Waals surface area (Å²) in [6.07, 6.45) is 2.04. The number of nitrogens with zero attached hydrogens (tertiary/aromatic N) is 3. The predicted octanol–water partition coefficient (Wildman–Crippen LogP) is 11.4. The first kappa shape index (κ1) is 26.0. The van der Waals surface area contributed by atoms with Crippen LogP contribution in [-0.4, -0.2) is 14.5 Å². The SMILES string of the molecule is c1ccc2c(c1)-c1ccccc1-n1c(-c3ccc(-c4ncc(-c5cccc6ccccc56)c5ccccc45)cc3)nc3cccc-2c31. The molecule has 2 aromatic heterocycles. The molecule has 3 nitrogen and oxygen atoms in total. The van der Waals surface area contributed by atoms with Gasteiger partial charge in [-0.25, -0.2) is 4.98 Å². The molecule has 10 rings (SSSR count). The summed E-state index contributed by atoms with van der Waals surface area (Å²) < 4.78 is 2.35. The number of para-hydroxylation sites is 2. The van der Waals surface area contributed by atoms with Crippen molar-refractivity contribution in [3.63, 3.8) is 0 Å². The first-order chi connectivity index (χ1) is 23.3. The number of imidazole rings is 1. The molecule has 0 amide bonds. The highest BCUT2D eigenvalue weighted by molar-refractivity contribution is 6.08. The number of rotatable bonds is 3. The lowest BCUT2D eigenvalue weighted by molar-refractivity contribution is 1.11. The normalized spacial score (nSPS) is 11.8. The molecule has 0 unspecified atom stereocenters. The molecule has 0 bridgehead atoms. The van der Waals surface area contributed by atoms with Crippen LogP contribution in [0.25, 0.3) is 94.3 Å². The smallest absolute Gasteiger partial charge is 0.145 e. The van der Waals surface area contributed by atoms with Gasteiger partial charge >= 0.3 is 0 Å². The molecule has 218 valence electrons. The van der Waals surface area contributed by atoms with E-state index in [2.05, 4.69) is 162 Å². The quantitative estimate of drug-likeness (QED) is 0.203. The third-order valence-corrected chi connectivity index (χ3v) is 9.62. The minimum absolute atomic E-state index is 0.934. The maximum Gasteiger partial charge on any atom is 0.145 e. The van der Waals surface area contributed by atoms with Gasteiger partial charge in [0.05, 0.1) is 22.4 Å². The van der Waals surface area contributed by atoms with Crippen molar-refractivity contribution >= 4 is 32.6 Å². The van der Waals surface area contributed by atoms with Crippen molar-refractivity contribution in [2.75, 3.05) is 0 Å². The summed E-state index contributed by atoms with van der Waals surface area (Å²) in [5.41, 5.74) is 13.6. The molecule has 0 atom stereocenters. The molecule has 3 heteroatoms. The van der Waals surface area contributed by atoms with Gasteiger partial charge in [-0.15, -0.1) is 0 Å². The second-order valence-electron chi connectivity index (χ2n) is 12.2. The van der Waals surface area contributed by atoms with Gasteiger partial charge in [-0.3, -0.25) is 9.55 Å². The third-order valence-electron chi connectivity index (χ3n) is 9.62. The monoisotopic (exact) mass is 597 g/mol. The fraction of sp³-hybridized carbons (Fsp3) is 0. The topological polar surface area (TPSA) is 30.7 Å². The lowest BCUT2D eigenvalue weighted by Gasteiger charge is -2.14. The Hall–Kier alpha value is -6.32. The highest BCUT2D eigenvalue weighted by atomic mass is 15.1. The van der Waals surface area contributed by atoms with Gasteiger partial charge < -0.3 is 0 Å². The maximum absolute atomic E-state index is 5.24. The zero-order valence-electron chi connectivity index (χ0n) is 25.4. The van der Waals surface area contributed by atoms with E-state index in [0.717, 1.165) is 50.3 Å². The van der Waals surface area contributed by atoms with E-state index >= 15 is 0 Å². The number of pyridine rings is 1. The molecule has 1 aliphatic rings. The van der Waals surface area contributed by atoms with Crippen molar-refractivity contribution in [1.29, 1.82) is 0 Å². The van der Waals surface area contributed by atoms with Gasteiger partial charge in [-0.2, -0.15) is 0 Å². The zero-order chi connectivity index (χ0) is 30.9. The summed E-state index contributed by atoms with van der Waals surface area (Å²) in [4.78, 5) is 10.3. The highest BCUT2D eigenvalue weighted by Gasteiger charge is 2.25. The molecule has 0 N–H and O–H groups in total. The van der Waals surface area contributed by atoms with Crippen molar-refractivity contribution in [2.45, 2.75) is 0 Å². The van der Waals surface area contributed by atoms with E-state index in [1.807, 2.05) is 6.20 Å². The summed E-state index contributed by atoms with van der Waals surface area (Å²) in [6.45, 7) is 0. The third kappa shape index (κ3) is 3.87. The van der Waals surface area contributed by atoms with Gasteiger partial charge in [0, 0.05) is 39.4 Å². The van der Waals surface area contributed by atoms with Crippen molar-refractivity contribution in [2.24, 2.45) is 0 Å². The van der Waals surface area contributed by atoms with Gasteiger partial charge in [0.15, 0.2) is 0 Å². The molecule has 7 aromatic carbocycles. The van der Waals surface area contributed by atoms with E-state index in [0.29, 0.717) is 0 Å². The first-order valence-electron chi connectivity index (χ1n) is 16.0. The lowest BCUT2D eigenvalue weighted by Crippen LogP contribution is -1.99. The molecule has 0 aliphatic carbocycles. The Labute approximate surface area is 272 Å². The van der Waals surface area contributed by atoms with Gasteiger partial charge in [0.25, 0.3) is 0 Å². The highest BCUT2D eigenvalue weighted by Crippen LogP contribution is 2.45. The number of hydrogen-bond donors (Lipinski definition) is 0. The molecule has 1 aliphatic heterocycles. The van der Waals surface area contributed by atoms with E-state index in [-0.39, 0.29) is 0 Å². The van der Waals surface area contributed by atoms with Crippen LogP contribution in [0.5, 0.6) is 0 Å². The average Bonchev–Trinajstić information content (AvgIpc) is 3.48. The summed E-state index contributed by atoms with van der Waals surface area (Å²) >= 11 is 0. The average molecular weight is 598 g/mol. The van der Waals surface area contributed by atoms with Crippen LogP contribution < -0.4 is 0 Å². The van der Waals surface area contributed by atoms with Crippen molar-refractivity contribution in [3.8, 4) is 61.7 Å². The number of aromatic nitrogens is 3. The van der Waals surface area contributed by atoms with Crippen molar-refractivity contribution < 1.29 is 0 Å². The molecular formula is C44H27N3. The second kappa shape index (κ2) is 10.1. The number of fused-ring (bicyclic) bond motifs is 7. The summed E-state index contributed by atoms with van der Waals surface area (Å²) in [6, 6.07) is 56.3. The van der Waals surface area contributed by atoms with Crippen LogP contribution in [0.2, 0.25) is 0 Å². The van der Waals surface area contributed by atoms with E-state index in [1.165, 1.54) is 44.0 Å². The molecular weight excluding hydrogens is 571 g/mol. The number of benzene rings is 7. The van der Waals surface area contributed by atoms with E-state index in [9.17, 15) is 0 Å². The van der Waals surface area contributed by atoms with Gasteiger partial charge in [-0.1, -0.05) is 146 Å². The van der Waals surface area contributed by atoms with Crippen LogP contribution in [-0.2, 0) is 0 Å². The molecule has 0 radical (unpaired) electrons. The van der Waals surface area contributed by atoms with Crippen LogP contribution in [0.1, 0.15) is 0 Å². The molecule has 0 spiro atoms. The first-order valence-corrected chi connectivity index (χ1v) is 16.0. The molecule has 0 fully saturated rings. The molecule has 0 saturated carbocycles. The Morgan fingerprint density at radius 3 is 1.85 bits per heavy atom. The maximum atomic E-state index is 5.24. The Morgan fingerprint density at radius 1 is 0.404 bits per heavy atom. The zero-order valence-corrected chi connectivity index (χ0v) is 25.4. The Balaban J connectivity index is 1.13. The Bertz CT molecular complexity index is 2680. The lowest BCUT2D eigenvalue weighted by atomic mass is 9.93. The van der Waals surface area contributed by atoms with Gasteiger partial charge in [0.2, 0.25) is 0 Å². The molecule has 47 heavy (non-hydrogen) atoms. The van der Waals surface area contributed by atoms with E-state index in [4.69, 9.17) is 9.97 Å². The van der Waals surface area contributed by atoms with Crippen molar-refractivity contribution in [3.05, 3.63) is 164 Å². The molecule has 3 heterocycles. The van der Waals surface area contributed by atoms with Crippen molar-refractivity contribution in [1.82, 2.24) is 14.5 Å². The summed E-state index contributed by atoms with van der Waals surface area (Å²) in [5.74, 6) is 0.934. The van der Waals surface area contributed by atoms with Crippen LogP contribution in [0.3, 0.4) is 0 Å². The standard InChI is InChI=1S/C44H27N3/c1-2-13-31-28(11-1)12-9-19-32(31)39-27-45-42(37-18-6-5-16-35(37)39)29-23-25-30(26-24-29)44-46-40-21-10-20-38-34-15-4-3-14-33(34)36-17-7-8-22-41(36)47(44)43(38)40/h1-27H. The van der Waals surface area contributed by atoms with Crippen LogP contribution >= 0.6 is 0 Å². The van der Waals surface area contributed by atoms with E-state index < -0.39 is 0 Å². The summed E-state index contributed by atoms with van der Waals surface area (Å²) in [7, 11) is 0. The van der Waals surface area contributed by atoms with Crippen LogP contribution in [0.4, 0.5) is 0 Å². The number of hydrogen-bond acceptors (Lipinski definition) is 2. The molecule has 0 saturated heterocycles. The minimum atomic E-state index is 0.934. The van der Waals surface area contributed by atoms with Gasteiger partial charge in [-0.05, 0) is 45.0 Å². The predicted molar refractivity (Wildman–Crippen MR) is 195 cm³/mol. The Kier molecular flexibility index (Phi) is 5.57. The fourth-order valence-electron chi connectivity index (χ4n) is 7.50. The van der Waals surface area contributed by atoms with Gasteiger partial charge in [0.1, 0.15) is 5.82 Å².